The van der Waals surface area contributed by atoms with Gasteiger partial charge in [-0.25, -0.2) is 13.1 Å². The van der Waals surface area contributed by atoms with E-state index in [0.717, 1.165) is 5.56 Å². The zero-order chi connectivity index (χ0) is 23.1. The lowest BCUT2D eigenvalue weighted by Gasteiger charge is -2.07. The molecule has 11 heteroatoms. The zero-order valence-electron chi connectivity index (χ0n) is 17.6. The number of rotatable bonds is 10. The van der Waals surface area contributed by atoms with Gasteiger partial charge in [-0.15, -0.1) is 10.2 Å². The van der Waals surface area contributed by atoms with Crippen molar-refractivity contribution in [3.8, 4) is 0 Å². The highest BCUT2D eigenvalue weighted by Gasteiger charge is 2.14. The van der Waals surface area contributed by atoms with Crippen LogP contribution in [0.2, 0.25) is 0 Å². The van der Waals surface area contributed by atoms with Crippen molar-refractivity contribution in [1.29, 1.82) is 0 Å². The van der Waals surface area contributed by atoms with Crippen molar-refractivity contribution in [3.63, 3.8) is 0 Å². The Morgan fingerprint density at radius 2 is 1.67 bits per heavy atom. The van der Waals surface area contributed by atoms with Crippen LogP contribution >= 0.6 is 11.8 Å². The van der Waals surface area contributed by atoms with Crippen molar-refractivity contribution in [2.45, 2.75) is 22.9 Å². The van der Waals surface area contributed by atoms with Crippen LogP contribution in [0.3, 0.4) is 0 Å². The average molecular weight is 483 g/mol. The fourth-order valence-corrected chi connectivity index (χ4v) is 4.75. The number of carbonyl (C=O) groups is 1. The molecule has 9 nitrogen and oxygen atoms in total. The molecule has 0 spiro atoms. The lowest BCUT2D eigenvalue weighted by atomic mass is 10.2. The Kier molecular flexibility index (Phi) is 7.33. The second-order valence-corrected chi connectivity index (χ2v) is 9.83. The molecule has 0 saturated carbocycles. The van der Waals surface area contributed by atoms with Crippen LogP contribution in [0.1, 0.15) is 11.4 Å². The number of carbonyl (C=O) groups excluding carboxylic acids is 1. The van der Waals surface area contributed by atoms with E-state index in [1.807, 2.05) is 30.3 Å². The second-order valence-electron chi connectivity index (χ2n) is 7.07. The van der Waals surface area contributed by atoms with Gasteiger partial charge in [0.1, 0.15) is 5.03 Å². The summed E-state index contributed by atoms with van der Waals surface area (Å²) in [5.74, 6) is 0.654. The van der Waals surface area contributed by atoms with Crippen molar-refractivity contribution in [2.24, 2.45) is 0 Å². The molecule has 33 heavy (non-hydrogen) atoms. The first kappa shape index (κ1) is 22.9. The molecule has 0 radical (unpaired) electrons. The fourth-order valence-electron chi connectivity index (χ4n) is 3.02. The molecular weight excluding hydrogens is 460 g/mol. The molecule has 0 fully saturated rings. The van der Waals surface area contributed by atoms with Crippen LogP contribution in [-0.2, 0) is 27.8 Å². The normalized spacial score (nSPS) is 11.5. The lowest BCUT2D eigenvalue weighted by molar-refractivity contribution is -0.118. The van der Waals surface area contributed by atoms with Crippen molar-refractivity contribution in [2.75, 3.05) is 12.3 Å². The smallest absolute Gasteiger partial charge is 0.240 e. The summed E-state index contributed by atoms with van der Waals surface area (Å²) in [6, 6.07) is 21.4. The maximum atomic E-state index is 12.4. The van der Waals surface area contributed by atoms with Crippen LogP contribution in [-0.4, -0.2) is 46.4 Å². The van der Waals surface area contributed by atoms with Crippen molar-refractivity contribution in [3.05, 3.63) is 84.2 Å². The van der Waals surface area contributed by atoms with Gasteiger partial charge >= 0.3 is 0 Å². The number of nitrogens with zero attached hydrogens (tertiary/aromatic N) is 4. The van der Waals surface area contributed by atoms with E-state index in [9.17, 15) is 13.2 Å². The number of fused-ring (bicyclic) bond motifs is 1. The molecule has 0 bridgehead atoms. The minimum atomic E-state index is -3.60. The number of hydrogen-bond donors (Lipinski definition) is 2. The van der Waals surface area contributed by atoms with Gasteiger partial charge in [-0.3, -0.25) is 4.79 Å². The van der Waals surface area contributed by atoms with Crippen LogP contribution in [0.4, 0.5) is 0 Å². The first-order valence-electron chi connectivity index (χ1n) is 10.2. The quantitative estimate of drug-likeness (QED) is 0.332. The number of sulfonamides is 1. The van der Waals surface area contributed by atoms with Gasteiger partial charge in [-0.05, 0) is 29.8 Å². The Morgan fingerprint density at radius 1 is 0.939 bits per heavy atom. The van der Waals surface area contributed by atoms with E-state index in [1.54, 1.807) is 34.8 Å². The molecule has 170 valence electrons. The predicted octanol–water partition coefficient (Wildman–Crippen LogP) is 2.05. The molecule has 4 rings (SSSR count). The third-order valence-electron chi connectivity index (χ3n) is 4.68. The largest absolute Gasteiger partial charge is 0.351 e. The molecule has 2 heterocycles. The van der Waals surface area contributed by atoms with Gasteiger partial charge in [0, 0.05) is 19.5 Å². The monoisotopic (exact) mass is 482 g/mol. The Hall–Kier alpha value is -3.28. The number of nitrogens with one attached hydrogen (secondary N) is 2. The Balaban J connectivity index is 1.33. The van der Waals surface area contributed by atoms with Crippen molar-refractivity contribution < 1.29 is 13.2 Å². The summed E-state index contributed by atoms with van der Waals surface area (Å²) in [5.41, 5.74) is 1.58. The summed E-state index contributed by atoms with van der Waals surface area (Å²) in [7, 11) is -3.60. The number of amides is 1. The maximum absolute atomic E-state index is 12.4. The highest BCUT2D eigenvalue weighted by molar-refractivity contribution is 7.99. The molecule has 2 aromatic heterocycles. The van der Waals surface area contributed by atoms with E-state index in [2.05, 4.69) is 25.3 Å². The van der Waals surface area contributed by atoms with Gasteiger partial charge in [0.05, 0.1) is 10.6 Å². The summed E-state index contributed by atoms with van der Waals surface area (Å²) in [5, 5.41) is 16.2. The molecule has 0 aliphatic rings. The molecule has 0 aliphatic carbocycles. The highest BCUT2D eigenvalue weighted by atomic mass is 32.2. The number of benzene rings is 2. The van der Waals surface area contributed by atoms with Gasteiger partial charge in [0.15, 0.2) is 11.5 Å². The van der Waals surface area contributed by atoms with Crippen LogP contribution in [0.15, 0.2) is 82.7 Å². The van der Waals surface area contributed by atoms with E-state index in [4.69, 9.17) is 0 Å². The molecular formula is C22H22N6O3S2. The van der Waals surface area contributed by atoms with E-state index >= 15 is 0 Å². The Labute approximate surface area is 195 Å². The molecule has 0 saturated heterocycles. The summed E-state index contributed by atoms with van der Waals surface area (Å²) >= 11 is 1.30. The molecule has 0 unspecified atom stereocenters. The van der Waals surface area contributed by atoms with Crippen LogP contribution < -0.4 is 10.0 Å². The summed E-state index contributed by atoms with van der Waals surface area (Å²) < 4.78 is 28.9. The molecule has 0 atom stereocenters. The van der Waals surface area contributed by atoms with E-state index < -0.39 is 10.0 Å². The van der Waals surface area contributed by atoms with Gasteiger partial charge in [-0.2, -0.15) is 9.61 Å². The number of hydrogen-bond acceptors (Lipinski definition) is 7. The van der Waals surface area contributed by atoms with E-state index in [0.29, 0.717) is 29.5 Å². The number of aromatic nitrogens is 4. The second kappa shape index (κ2) is 10.6. The van der Waals surface area contributed by atoms with E-state index in [-0.39, 0.29) is 23.1 Å². The fraction of sp³-hybridized carbons (Fsp3) is 0.182. The predicted molar refractivity (Wildman–Crippen MR) is 125 cm³/mol. The maximum Gasteiger partial charge on any atom is 0.240 e. The Bertz CT molecular complexity index is 1330. The molecule has 2 N–H and O–H groups in total. The Morgan fingerprint density at radius 3 is 2.42 bits per heavy atom. The van der Waals surface area contributed by atoms with Crippen LogP contribution in [0.25, 0.3) is 5.65 Å². The molecule has 1 amide bonds. The molecule has 2 aromatic carbocycles. The third kappa shape index (κ3) is 6.15. The van der Waals surface area contributed by atoms with Crippen molar-refractivity contribution in [1.82, 2.24) is 29.9 Å². The summed E-state index contributed by atoms with van der Waals surface area (Å²) in [6.45, 7) is 0.625. The summed E-state index contributed by atoms with van der Waals surface area (Å²) in [6.07, 6.45) is 0.311. The van der Waals surface area contributed by atoms with Crippen LogP contribution in [0, 0.1) is 0 Å². The summed E-state index contributed by atoms with van der Waals surface area (Å²) in [4.78, 5) is 12.4. The minimum Gasteiger partial charge on any atom is -0.351 e. The topological polar surface area (TPSA) is 118 Å². The standard InChI is InChI=1S/C22H22N6O3S2/c29-21(23-15-17-7-3-1-4-8-17)16-32-22-12-11-19-25-26-20(28(19)27-22)13-14-24-33(30,31)18-9-5-2-6-10-18/h1-12,24H,13-16H2,(H,23,29). The van der Waals surface area contributed by atoms with Crippen LogP contribution in [0.5, 0.6) is 0 Å². The first-order chi connectivity index (χ1) is 16.0. The zero-order valence-corrected chi connectivity index (χ0v) is 19.2. The molecule has 4 aromatic rings. The highest BCUT2D eigenvalue weighted by Crippen LogP contribution is 2.16. The lowest BCUT2D eigenvalue weighted by Crippen LogP contribution is -2.26. The average Bonchev–Trinajstić information content (AvgIpc) is 3.25. The van der Waals surface area contributed by atoms with Gasteiger partial charge in [0.2, 0.25) is 15.9 Å². The molecule has 0 aliphatic heterocycles. The first-order valence-corrected chi connectivity index (χ1v) is 12.7. The van der Waals surface area contributed by atoms with Gasteiger partial charge in [0.25, 0.3) is 0 Å². The van der Waals surface area contributed by atoms with Gasteiger partial charge < -0.3 is 5.32 Å². The third-order valence-corrected chi connectivity index (χ3v) is 7.08. The number of thioether (sulfide) groups is 1. The van der Waals surface area contributed by atoms with Gasteiger partial charge in [-0.1, -0.05) is 60.3 Å². The van der Waals surface area contributed by atoms with E-state index in [1.165, 1.54) is 23.9 Å². The minimum absolute atomic E-state index is 0.0925. The SMILES string of the molecule is O=C(CSc1ccc2nnc(CCNS(=O)(=O)c3ccccc3)n2n1)NCc1ccccc1. The van der Waals surface area contributed by atoms with Crippen molar-refractivity contribution >= 4 is 33.3 Å².